The summed E-state index contributed by atoms with van der Waals surface area (Å²) in [6.07, 6.45) is 2.38. The molecule has 0 heterocycles. The SMILES string of the molecule is CC(C)(C)C(=O)OCCC=CP(=O)(c1ccccc1)c1ccccc1. The van der Waals surface area contributed by atoms with Gasteiger partial charge < -0.3 is 9.30 Å². The van der Waals surface area contributed by atoms with Crippen LogP contribution >= 0.6 is 7.14 Å². The molecule has 0 aromatic heterocycles. The summed E-state index contributed by atoms with van der Waals surface area (Å²) in [7, 11) is -2.84. The fourth-order valence-corrected chi connectivity index (χ4v) is 4.60. The molecule has 0 saturated carbocycles. The third-order valence-corrected chi connectivity index (χ3v) is 6.49. The Balaban J connectivity index is 2.13. The van der Waals surface area contributed by atoms with Gasteiger partial charge in [0.05, 0.1) is 12.0 Å². The Morgan fingerprint density at radius 2 is 1.44 bits per heavy atom. The van der Waals surface area contributed by atoms with Crippen molar-refractivity contribution >= 4 is 23.7 Å². The summed E-state index contributed by atoms with van der Waals surface area (Å²) in [6, 6.07) is 18.9. The second-order valence-electron chi connectivity index (χ2n) is 6.89. The molecule has 132 valence electrons. The van der Waals surface area contributed by atoms with Gasteiger partial charge in [-0.2, -0.15) is 0 Å². The van der Waals surface area contributed by atoms with Crippen LogP contribution in [0.1, 0.15) is 27.2 Å². The molecular weight excluding hydrogens is 331 g/mol. The van der Waals surface area contributed by atoms with Gasteiger partial charge in [0.25, 0.3) is 0 Å². The Kier molecular flexibility index (Phi) is 6.39. The van der Waals surface area contributed by atoms with Gasteiger partial charge in [0.1, 0.15) is 0 Å². The zero-order chi connectivity index (χ0) is 18.3. The van der Waals surface area contributed by atoms with Crippen molar-refractivity contribution in [1.29, 1.82) is 0 Å². The summed E-state index contributed by atoms with van der Waals surface area (Å²) in [5, 5.41) is 1.59. The van der Waals surface area contributed by atoms with E-state index in [1.54, 1.807) is 5.82 Å². The zero-order valence-electron chi connectivity index (χ0n) is 15.0. The highest BCUT2D eigenvalue weighted by atomic mass is 31.2. The van der Waals surface area contributed by atoms with Crippen LogP contribution in [-0.2, 0) is 14.1 Å². The predicted molar refractivity (Wildman–Crippen MR) is 104 cm³/mol. The van der Waals surface area contributed by atoms with Crippen molar-refractivity contribution in [3.05, 3.63) is 72.6 Å². The Labute approximate surface area is 150 Å². The van der Waals surface area contributed by atoms with E-state index in [0.29, 0.717) is 6.42 Å². The Bertz CT molecular complexity index is 715. The number of esters is 1. The van der Waals surface area contributed by atoms with Crippen molar-refractivity contribution < 1.29 is 14.1 Å². The van der Waals surface area contributed by atoms with Crippen LogP contribution in [0.5, 0.6) is 0 Å². The van der Waals surface area contributed by atoms with E-state index >= 15 is 0 Å². The Hall–Kier alpha value is -2.12. The maximum absolute atomic E-state index is 13.7. The van der Waals surface area contributed by atoms with Crippen LogP contribution in [0.4, 0.5) is 0 Å². The van der Waals surface area contributed by atoms with Gasteiger partial charge in [-0.1, -0.05) is 66.7 Å². The second-order valence-corrected chi connectivity index (χ2v) is 9.54. The van der Waals surface area contributed by atoms with E-state index in [1.807, 2.05) is 87.5 Å². The minimum atomic E-state index is -2.84. The minimum Gasteiger partial charge on any atom is -0.465 e. The van der Waals surface area contributed by atoms with E-state index in [4.69, 9.17) is 4.74 Å². The first kappa shape index (κ1) is 19.2. The predicted octanol–water partition coefficient (Wildman–Crippen LogP) is 4.49. The Morgan fingerprint density at radius 3 is 1.88 bits per heavy atom. The van der Waals surface area contributed by atoms with E-state index in [0.717, 1.165) is 10.6 Å². The molecule has 0 aliphatic rings. The third-order valence-electron chi connectivity index (χ3n) is 3.72. The van der Waals surface area contributed by atoms with E-state index in [-0.39, 0.29) is 12.6 Å². The van der Waals surface area contributed by atoms with E-state index in [9.17, 15) is 9.36 Å². The zero-order valence-corrected chi connectivity index (χ0v) is 15.9. The molecule has 0 spiro atoms. The van der Waals surface area contributed by atoms with E-state index < -0.39 is 12.6 Å². The van der Waals surface area contributed by atoms with Gasteiger partial charge in [-0.15, -0.1) is 0 Å². The van der Waals surface area contributed by atoms with Gasteiger partial charge in [0.15, 0.2) is 7.14 Å². The fraction of sp³-hybridized carbons (Fsp3) is 0.286. The highest BCUT2D eigenvalue weighted by molar-refractivity contribution is 7.81. The number of ether oxygens (including phenoxy) is 1. The average Bonchev–Trinajstić information content (AvgIpc) is 2.61. The lowest BCUT2D eigenvalue weighted by Gasteiger charge is -2.16. The molecular formula is C21H25O3P. The van der Waals surface area contributed by atoms with Crippen molar-refractivity contribution in [2.75, 3.05) is 6.61 Å². The topological polar surface area (TPSA) is 43.4 Å². The van der Waals surface area contributed by atoms with Gasteiger partial charge in [-0.05, 0) is 26.6 Å². The summed E-state index contributed by atoms with van der Waals surface area (Å²) < 4.78 is 18.9. The molecule has 0 radical (unpaired) electrons. The minimum absolute atomic E-state index is 0.227. The molecule has 0 atom stereocenters. The standard InChI is InChI=1S/C21H25O3P/c1-21(2,3)20(22)24-16-10-11-17-25(23,18-12-6-4-7-13-18)19-14-8-5-9-15-19/h4-9,11-15,17H,10,16H2,1-3H3. The Morgan fingerprint density at radius 1 is 0.960 bits per heavy atom. The molecule has 2 aromatic rings. The molecule has 0 bridgehead atoms. The molecule has 0 saturated heterocycles. The van der Waals surface area contributed by atoms with Gasteiger partial charge in [0.2, 0.25) is 0 Å². The van der Waals surface area contributed by atoms with Crippen LogP contribution in [0.2, 0.25) is 0 Å². The van der Waals surface area contributed by atoms with Crippen LogP contribution in [0.15, 0.2) is 72.6 Å². The third kappa shape index (κ3) is 5.17. The van der Waals surface area contributed by atoms with Gasteiger partial charge in [0, 0.05) is 17.0 Å². The van der Waals surface area contributed by atoms with E-state index in [1.165, 1.54) is 0 Å². The van der Waals surface area contributed by atoms with Crippen molar-refractivity contribution in [3.63, 3.8) is 0 Å². The summed E-state index contributed by atoms with van der Waals surface area (Å²) in [4.78, 5) is 11.8. The second kappa shape index (κ2) is 8.31. The molecule has 0 unspecified atom stereocenters. The molecule has 0 aliphatic carbocycles. The van der Waals surface area contributed by atoms with Crippen LogP contribution < -0.4 is 10.6 Å². The van der Waals surface area contributed by atoms with Crippen LogP contribution in [0, 0.1) is 5.41 Å². The number of hydrogen-bond acceptors (Lipinski definition) is 3. The highest BCUT2D eigenvalue weighted by Crippen LogP contribution is 2.44. The summed E-state index contributed by atoms with van der Waals surface area (Å²) in [5.74, 6) is 1.54. The van der Waals surface area contributed by atoms with E-state index in [2.05, 4.69) is 0 Å². The molecule has 0 fully saturated rings. The van der Waals surface area contributed by atoms with Crippen LogP contribution in [0.3, 0.4) is 0 Å². The number of benzene rings is 2. The molecule has 4 heteroatoms. The lowest BCUT2D eigenvalue weighted by Crippen LogP contribution is -2.23. The summed E-state index contributed by atoms with van der Waals surface area (Å²) in [5.41, 5.74) is -0.507. The first-order valence-electron chi connectivity index (χ1n) is 8.40. The van der Waals surface area contributed by atoms with Crippen LogP contribution in [0.25, 0.3) is 0 Å². The van der Waals surface area contributed by atoms with Gasteiger partial charge in [-0.3, -0.25) is 4.79 Å². The number of carbonyl (C=O) groups excluding carboxylic acids is 1. The molecule has 3 nitrogen and oxygen atoms in total. The largest absolute Gasteiger partial charge is 0.465 e. The lowest BCUT2D eigenvalue weighted by atomic mass is 9.97. The fourth-order valence-electron chi connectivity index (χ4n) is 2.28. The molecule has 0 N–H and O–H groups in total. The van der Waals surface area contributed by atoms with Crippen molar-refractivity contribution in [1.82, 2.24) is 0 Å². The molecule has 2 aromatic carbocycles. The van der Waals surface area contributed by atoms with Crippen molar-refractivity contribution in [2.45, 2.75) is 27.2 Å². The summed E-state index contributed by atoms with van der Waals surface area (Å²) in [6.45, 7) is 5.76. The maximum Gasteiger partial charge on any atom is 0.311 e. The monoisotopic (exact) mass is 356 g/mol. The first-order chi connectivity index (χ1) is 11.8. The number of rotatable bonds is 6. The number of hydrogen-bond donors (Lipinski definition) is 0. The quantitative estimate of drug-likeness (QED) is 0.435. The molecule has 0 aliphatic heterocycles. The lowest BCUT2D eigenvalue weighted by molar-refractivity contribution is -0.152. The first-order valence-corrected chi connectivity index (χ1v) is 10.2. The average molecular weight is 356 g/mol. The van der Waals surface area contributed by atoms with Crippen molar-refractivity contribution in [3.8, 4) is 0 Å². The summed E-state index contributed by atoms with van der Waals surface area (Å²) >= 11 is 0. The molecule has 0 amide bonds. The molecule has 2 rings (SSSR count). The van der Waals surface area contributed by atoms with Crippen molar-refractivity contribution in [2.24, 2.45) is 5.41 Å². The van der Waals surface area contributed by atoms with Crippen LogP contribution in [-0.4, -0.2) is 12.6 Å². The highest BCUT2D eigenvalue weighted by Gasteiger charge is 2.24. The number of carbonyl (C=O) groups is 1. The van der Waals surface area contributed by atoms with Gasteiger partial charge in [-0.25, -0.2) is 0 Å². The maximum atomic E-state index is 13.7. The van der Waals surface area contributed by atoms with Gasteiger partial charge >= 0.3 is 5.97 Å². The smallest absolute Gasteiger partial charge is 0.311 e. The normalized spacial score (nSPS) is 12.3. The molecule has 25 heavy (non-hydrogen) atoms.